The van der Waals surface area contributed by atoms with Crippen LogP contribution in [0.25, 0.3) is 11.1 Å². The first kappa shape index (κ1) is 23.5. The Morgan fingerprint density at radius 1 is 0.759 bits per heavy atom. The van der Waals surface area contributed by atoms with E-state index in [2.05, 4.69) is 53.7 Å². The molecular formula is C23H33O5P. The summed E-state index contributed by atoms with van der Waals surface area (Å²) < 4.78 is 23.2. The molecule has 6 heteroatoms. The Kier molecular flexibility index (Phi) is 7.21. The van der Waals surface area contributed by atoms with Crippen molar-refractivity contribution in [1.82, 2.24) is 0 Å². The maximum atomic E-state index is 12.4. The third kappa shape index (κ3) is 4.85. The Morgan fingerprint density at radius 3 is 1.55 bits per heavy atom. The van der Waals surface area contributed by atoms with Gasteiger partial charge in [0.05, 0.1) is 19.5 Å². The molecule has 160 valence electrons. The van der Waals surface area contributed by atoms with Crippen LogP contribution in [0.15, 0.2) is 24.3 Å². The van der Waals surface area contributed by atoms with Crippen LogP contribution >= 0.6 is 7.60 Å². The fourth-order valence-electron chi connectivity index (χ4n) is 3.58. The number of hydrogen-bond donors (Lipinski definition) is 2. The van der Waals surface area contributed by atoms with Crippen molar-refractivity contribution in [2.24, 2.45) is 0 Å². The van der Waals surface area contributed by atoms with Crippen molar-refractivity contribution in [2.75, 3.05) is 14.2 Å². The molecule has 0 bridgehead atoms. The third-order valence-corrected chi connectivity index (χ3v) is 6.22. The highest BCUT2D eigenvalue weighted by molar-refractivity contribution is 7.60. The molecule has 0 aromatic heterocycles. The molecule has 0 spiro atoms. The van der Waals surface area contributed by atoms with E-state index in [1.54, 1.807) is 6.07 Å². The summed E-state index contributed by atoms with van der Waals surface area (Å²) in [6, 6.07) is 7.42. The smallest absolute Gasteiger partial charge is 0.356 e. The van der Waals surface area contributed by atoms with Crippen molar-refractivity contribution < 1.29 is 23.8 Å². The van der Waals surface area contributed by atoms with E-state index in [4.69, 9.17) is 9.47 Å². The highest BCUT2D eigenvalue weighted by atomic mass is 31.2. The van der Waals surface area contributed by atoms with E-state index in [0.717, 1.165) is 16.7 Å². The lowest BCUT2D eigenvalue weighted by molar-refractivity contribution is 0.354. The highest BCUT2D eigenvalue weighted by Gasteiger charge is 2.29. The Hall–Kier alpha value is -1.81. The molecule has 0 heterocycles. The lowest BCUT2D eigenvalue weighted by Gasteiger charge is -2.25. The van der Waals surface area contributed by atoms with Gasteiger partial charge in [-0.05, 0) is 52.1 Å². The summed E-state index contributed by atoms with van der Waals surface area (Å²) in [7, 11) is -1.58. The second kappa shape index (κ2) is 8.91. The van der Waals surface area contributed by atoms with Gasteiger partial charge in [-0.3, -0.25) is 4.57 Å². The second-order valence-electron chi connectivity index (χ2n) is 8.31. The summed E-state index contributed by atoms with van der Waals surface area (Å²) in [6.45, 7) is 12.7. The molecule has 0 saturated heterocycles. The zero-order valence-electron chi connectivity index (χ0n) is 18.6. The third-order valence-electron chi connectivity index (χ3n) is 5.22. The van der Waals surface area contributed by atoms with E-state index in [1.165, 1.54) is 25.8 Å². The minimum atomic E-state index is -4.56. The molecule has 0 amide bonds. The molecule has 0 atom stereocenters. The van der Waals surface area contributed by atoms with Crippen LogP contribution in [0.3, 0.4) is 0 Å². The minimum absolute atomic E-state index is 0.0451. The Labute approximate surface area is 174 Å². The minimum Gasteiger partial charge on any atom is -0.493 e. The molecule has 2 aromatic carbocycles. The maximum Gasteiger partial charge on any atom is 0.356 e. The summed E-state index contributed by atoms with van der Waals surface area (Å²) in [5, 5.41) is -0.0451. The number of ether oxygens (including phenoxy) is 2. The predicted octanol–water partition coefficient (Wildman–Crippen LogP) is 5.54. The van der Waals surface area contributed by atoms with Gasteiger partial charge < -0.3 is 19.3 Å². The van der Waals surface area contributed by atoms with Crippen LogP contribution in [0.2, 0.25) is 0 Å². The average molecular weight is 420 g/mol. The van der Waals surface area contributed by atoms with Crippen LogP contribution in [0.5, 0.6) is 11.5 Å². The van der Waals surface area contributed by atoms with Gasteiger partial charge in [-0.15, -0.1) is 0 Å². The molecule has 0 saturated carbocycles. The standard InChI is InChI=1S/C23H33O5P/c1-13(2)16-9-17(14(3)4)23(18(10-16)15(5)6)19-11-20(27-7)21(28-8)12-22(19)29(24,25)26/h9-15H,1-8H3,(H2,24,25,26). The molecule has 0 fully saturated rings. The highest BCUT2D eigenvalue weighted by Crippen LogP contribution is 2.46. The van der Waals surface area contributed by atoms with Crippen LogP contribution in [0.1, 0.15) is 76.0 Å². The summed E-state index contributed by atoms with van der Waals surface area (Å²) in [4.78, 5) is 20.3. The Bertz CT molecular complexity index is 896. The summed E-state index contributed by atoms with van der Waals surface area (Å²) in [5.41, 5.74) is 4.74. The van der Waals surface area contributed by atoms with E-state index >= 15 is 0 Å². The first-order valence-corrected chi connectivity index (χ1v) is 11.5. The van der Waals surface area contributed by atoms with Gasteiger partial charge in [-0.1, -0.05) is 53.7 Å². The van der Waals surface area contributed by atoms with Gasteiger partial charge in [0.1, 0.15) is 0 Å². The van der Waals surface area contributed by atoms with Gasteiger partial charge in [0.2, 0.25) is 0 Å². The van der Waals surface area contributed by atoms with Crippen molar-refractivity contribution in [3.05, 3.63) is 41.0 Å². The van der Waals surface area contributed by atoms with Crippen molar-refractivity contribution >= 4 is 12.9 Å². The zero-order chi connectivity index (χ0) is 22.1. The summed E-state index contributed by atoms with van der Waals surface area (Å²) in [6.07, 6.45) is 0. The maximum absolute atomic E-state index is 12.4. The first-order valence-electron chi connectivity index (χ1n) is 9.92. The number of methoxy groups -OCH3 is 2. The van der Waals surface area contributed by atoms with Crippen LogP contribution in [-0.4, -0.2) is 24.0 Å². The van der Waals surface area contributed by atoms with Crippen molar-refractivity contribution in [2.45, 2.75) is 59.3 Å². The largest absolute Gasteiger partial charge is 0.493 e. The molecule has 0 aliphatic heterocycles. The monoisotopic (exact) mass is 420 g/mol. The molecule has 0 aliphatic rings. The molecular weight excluding hydrogens is 387 g/mol. The zero-order valence-corrected chi connectivity index (χ0v) is 19.5. The predicted molar refractivity (Wildman–Crippen MR) is 119 cm³/mol. The lowest BCUT2D eigenvalue weighted by atomic mass is 9.81. The topological polar surface area (TPSA) is 76.0 Å². The van der Waals surface area contributed by atoms with E-state index in [1.807, 2.05) is 0 Å². The van der Waals surface area contributed by atoms with Gasteiger partial charge in [-0.2, -0.15) is 0 Å². The van der Waals surface area contributed by atoms with Gasteiger partial charge in [-0.25, -0.2) is 0 Å². The molecule has 29 heavy (non-hydrogen) atoms. The normalized spacial score (nSPS) is 12.2. The van der Waals surface area contributed by atoms with E-state index in [-0.39, 0.29) is 17.1 Å². The van der Waals surface area contributed by atoms with Gasteiger partial charge in [0, 0.05) is 5.56 Å². The molecule has 0 unspecified atom stereocenters. The van der Waals surface area contributed by atoms with Gasteiger partial charge in [0.15, 0.2) is 11.5 Å². The fourth-order valence-corrected chi connectivity index (χ4v) is 4.35. The van der Waals surface area contributed by atoms with Gasteiger partial charge in [0.25, 0.3) is 0 Å². The van der Waals surface area contributed by atoms with E-state index in [0.29, 0.717) is 23.0 Å². The van der Waals surface area contributed by atoms with Crippen molar-refractivity contribution in [3.63, 3.8) is 0 Å². The van der Waals surface area contributed by atoms with Crippen LogP contribution in [-0.2, 0) is 4.57 Å². The van der Waals surface area contributed by atoms with Crippen LogP contribution in [0, 0.1) is 0 Å². The van der Waals surface area contributed by atoms with Crippen molar-refractivity contribution in [3.8, 4) is 22.6 Å². The first-order chi connectivity index (χ1) is 13.4. The average Bonchev–Trinajstić information content (AvgIpc) is 2.64. The van der Waals surface area contributed by atoms with Gasteiger partial charge >= 0.3 is 7.60 Å². The molecule has 5 nitrogen and oxygen atoms in total. The summed E-state index contributed by atoms with van der Waals surface area (Å²) >= 11 is 0. The number of hydrogen-bond acceptors (Lipinski definition) is 3. The molecule has 0 radical (unpaired) electrons. The summed E-state index contributed by atoms with van der Waals surface area (Å²) in [5.74, 6) is 1.45. The second-order valence-corrected chi connectivity index (χ2v) is 9.88. The number of rotatable bonds is 7. The van der Waals surface area contributed by atoms with Crippen LogP contribution < -0.4 is 14.8 Å². The molecule has 0 aliphatic carbocycles. The fraction of sp³-hybridized carbons (Fsp3) is 0.478. The Balaban J connectivity index is 3.05. The number of benzene rings is 2. The SMILES string of the molecule is COc1cc(-c2c(C(C)C)cc(C(C)C)cc2C(C)C)c(P(=O)(O)O)cc1OC. The Morgan fingerprint density at radius 2 is 1.21 bits per heavy atom. The molecule has 2 N–H and O–H groups in total. The van der Waals surface area contributed by atoms with E-state index in [9.17, 15) is 14.4 Å². The quantitative estimate of drug-likeness (QED) is 0.575. The van der Waals surface area contributed by atoms with Crippen molar-refractivity contribution in [1.29, 1.82) is 0 Å². The molecule has 2 aromatic rings. The lowest BCUT2D eigenvalue weighted by Crippen LogP contribution is -2.13. The van der Waals surface area contributed by atoms with Crippen LogP contribution in [0.4, 0.5) is 0 Å². The van der Waals surface area contributed by atoms with E-state index < -0.39 is 7.60 Å². The molecule has 2 rings (SSSR count).